The second kappa shape index (κ2) is 5.15. The lowest BCUT2D eigenvalue weighted by atomic mass is 9.93. The highest BCUT2D eigenvalue weighted by Crippen LogP contribution is 2.23. The molecule has 1 aliphatic carbocycles. The van der Waals surface area contributed by atoms with Gasteiger partial charge in [-0.2, -0.15) is 0 Å². The summed E-state index contributed by atoms with van der Waals surface area (Å²) in [5.41, 5.74) is 2.21. The van der Waals surface area contributed by atoms with Gasteiger partial charge in [-0.15, -0.1) is 0 Å². The topological polar surface area (TPSA) is 45.1 Å². The predicted octanol–water partition coefficient (Wildman–Crippen LogP) is 2.87. The van der Waals surface area contributed by atoms with E-state index in [0.717, 1.165) is 41.5 Å². The Kier molecular flexibility index (Phi) is 3.82. The standard InChI is InChI=1S/C12H17BrN2O/c1-8-6-10(7-14-12(8)13)15-9-2-4-11(16)5-3-9/h6-7,9,11,15-16H,2-5H2,1H3. The molecule has 0 aliphatic heterocycles. The zero-order valence-electron chi connectivity index (χ0n) is 9.41. The van der Waals surface area contributed by atoms with Crippen molar-refractivity contribution in [2.24, 2.45) is 0 Å². The van der Waals surface area contributed by atoms with Crippen LogP contribution in [0.1, 0.15) is 31.2 Å². The van der Waals surface area contributed by atoms with Crippen molar-refractivity contribution in [2.45, 2.75) is 44.8 Å². The van der Waals surface area contributed by atoms with Gasteiger partial charge in [-0.3, -0.25) is 0 Å². The number of nitrogens with one attached hydrogen (secondary N) is 1. The molecule has 1 heterocycles. The average Bonchev–Trinajstić information content (AvgIpc) is 2.27. The van der Waals surface area contributed by atoms with Gasteiger partial charge in [-0.25, -0.2) is 4.98 Å². The summed E-state index contributed by atoms with van der Waals surface area (Å²) in [6.07, 6.45) is 5.64. The lowest BCUT2D eigenvalue weighted by Gasteiger charge is -2.27. The van der Waals surface area contributed by atoms with Crippen molar-refractivity contribution in [3.05, 3.63) is 22.4 Å². The van der Waals surface area contributed by atoms with E-state index in [-0.39, 0.29) is 6.10 Å². The largest absolute Gasteiger partial charge is 0.393 e. The molecule has 1 saturated carbocycles. The van der Waals surface area contributed by atoms with Gasteiger partial charge >= 0.3 is 0 Å². The van der Waals surface area contributed by atoms with E-state index in [1.165, 1.54) is 0 Å². The maximum Gasteiger partial charge on any atom is 0.109 e. The van der Waals surface area contributed by atoms with Gasteiger partial charge in [0.25, 0.3) is 0 Å². The third-order valence-corrected chi connectivity index (χ3v) is 3.91. The molecule has 0 radical (unpaired) electrons. The van der Waals surface area contributed by atoms with Crippen LogP contribution >= 0.6 is 15.9 Å². The number of aliphatic hydroxyl groups is 1. The van der Waals surface area contributed by atoms with Crippen LogP contribution < -0.4 is 5.32 Å². The molecular weight excluding hydrogens is 268 g/mol. The van der Waals surface area contributed by atoms with Crippen LogP contribution in [-0.4, -0.2) is 22.2 Å². The van der Waals surface area contributed by atoms with Crippen LogP contribution in [0, 0.1) is 6.92 Å². The Balaban J connectivity index is 1.96. The first kappa shape index (κ1) is 11.9. The summed E-state index contributed by atoms with van der Waals surface area (Å²) in [6, 6.07) is 2.58. The summed E-state index contributed by atoms with van der Waals surface area (Å²) >= 11 is 3.39. The summed E-state index contributed by atoms with van der Waals surface area (Å²) in [7, 11) is 0. The molecule has 3 nitrogen and oxygen atoms in total. The molecule has 0 unspecified atom stereocenters. The number of pyridine rings is 1. The Morgan fingerprint density at radius 3 is 2.69 bits per heavy atom. The molecule has 1 fully saturated rings. The van der Waals surface area contributed by atoms with Gasteiger partial charge in [-0.1, -0.05) is 0 Å². The molecule has 16 heavy (non-hydrogen) atoms. The van der Waals surface area contributed by atoms with E-state index in [4.69, 9.17) is 0 Å². The first-order valence-corrected chi connectivity index (χ1v) is 6.51. The van der Waals surface area contributed by atoms with Crippen molar-refractivity contribution in [1.29, 1.82) is 0 Å². The summed E-state index contributed by atoms with van der Waals surface area (Å²) in [4.78, 5) is 4.26. The molecule has 0 spiro atoms. The van der Waals surface area contributed by atoms with E-state index in [9.17, 15) is 5.11 Å². The fourth-order valence-electron chi connectivity index (χ4n) is 2.09. The average molecular weight is 285 g/mol. The van der Waals surface area contributed by atoms with Crippen LogP contribution in [-0.2, 0) is 0 Å². The van der Waals surface area contributed by atoms with E-state index in [1.807, 2.05) is 13.1 Å². The third kappa shape index (κ3) is 2.95. The first-order chi connectivity index (χ1) is 7.65. The third-order valence-electron chi connectivity index (χ3n) is 3.08. The number of hydrogen-bond acceptors (Lipinski definition) is 3. The summed E-state index contributed by atoms with van der Waals surface area (Å²) in [6.45, 7) is 2.03. The van der Waals surface area contributed by atoms with E-state index < -0.39 is 0 Å². The number of aliphatic hydroxyl groups excluding tert-OH is 1. The molecule has 88 valence electrons. The lowest BCUT2D eigenvalue weighted by molar-refractivity contribution is 0.126. The van der Waals surface area contributed by atoms with E-state index in [0.29, 0.717) is 6.04 Å². The molecule has 0 saturated heterocycles. The minimum Gasteiger partial charge on any atom is -0.393 e. The highest BCUT2D eigenvalue weighted by atomic mass is 79.9. The lowest BCUT2D eigenvalue weighted by Crippen LogP contribution is -2.28. The zero-order valence-corrected chi connectivity index (χ0v) is 11.0. The molecule has 1 aromatic heterocycles. The fraction of sp³-hybridized carbons (Fsp3) is 0.583. The van der Waals surface area contributed by atoms with Crippen molar-refractivity contribution >= 4 is 21.6 Å². The number of rotatable bonds is 2. The van der Waals surface area contributed by atoms with Crippen molar-refractivity contribution in [2.75, 3.05) is 5.32 Å². The van der Waals surface area contributed by atoms with Crippen LogP contribution in [0.5, 0.6) is 0 Å². The number of aromatic nitrogens is 1. The molecule has 0 atom stereocenters. The Bertz CT molecular complexity index is 362. The maximum atomic E-state index is 9.43. The van der Waals surface area contributed by atoms with Crippen molar-refractivity contribution in [3.8, 4) is 0 Å². The maximum absolute atomic E-state index is 9.43. The van der Waals surface area contributed by atoms with Crippen LogP contribution in [0.3, 0.4) is 0 Å². The normalized spacial score (nSPS) is 25.4. The molecule has 0 bridgehead atoms. The van der Waals surface area contributed by atoms with Crippen molar-refractivity contribution in [3.63, 3.8) is 0 Å². The quantitative estimate of drug-likeness (QED) is 0.821. The number of anilines is 1. The zero-order chi connectivity index (χ0) is 11.5. The van der Waals surface area contributed by atoms with Gasteiger partial charge in [0.15, 0.2) is 0 Å². The fourth-order valence-corrected chi connectivity index (χ4v) is 2.31. The summed E-state index contributed by atoms with van der Waals surface area (Å²) in [5.74, 6) is 0. The molecule has 1 aliphatic rings. The van der Waals surface area contributed by atoms with Crippen LogP contribution in [0.25, 0.3) is 0 Å². The minimum absolute atomic E-state index is 0.0946. The van der Waals surface area contributed by atoms with Crippen LogP contribution in [0.2, 0.25) is 0 Å². The number of hydrogen-bond donors (Lipinski definition) is 2. The SMILES string of the molecule is Cc1cc(NC2CCC(O)CC2)cnc1Br. The molecular formula is C12H17BrN2O. The molecule has 0 amide bonds. The van der Waals surface area contributed by atoms with Gasteiger partial charge < -0.3 is 10.4 Å². The second-order valence-electron chi connectivity index (χ2n) is 4.48. The van der Waals surface area contributed by atoms with Gasteiger partial charge in [-0.05, 0) is 60.2 Å². The summed E-state index contributed by atoms with van der Waals surface area (Å²) in [5, 5.41) is 12.9. The summed E-state index contributed by atoms with van der Waals surface area (Å²) < 4.78 is 0.900. The number of halogens is 1. The van der Waals surface area contributed by atoms with Gasteiger partial charge in [0.05, 0.1) is 18.0 Å². The molecule has 0 aromatic carbocycles. The predicted molar refractivity (Wildman–Crippen MR) is 68.6 cm³/mol. The van der Waals surface area contributed by atoms with Crippen LogP contribution in [0.4, 0.5) is 5.69 Å². The molecule has 1 aromatic rings. The van der Waals surface area contributed by atoms with Gasteiger partial charge in [0.1, 0.15) is 4.60 Å². The van der Waals surface area contributed by atoms with E-state index in [1.54, 1.807) is 0 Å². The molecule has 4 heteroatoms. The highest BCUT2D eigenvalue weighted by Gasteiger charge is 2.19. The Morgan fingerprint density at radius 2 is 2.06 bits per heavy atom. The molecule has 2 N–H and O–H groups in total. The van der Waals surface area contributed by atoms with E-state index >= 15 is 0 Å². The second-order valence-corrected chi connectivity index (χ2v) is 5.23. The van der Waals surface area contributed by atoms with Crippen molar-refractivity contribution < 1.29 is 5.11 Å². The van der Waals surface area contributed by atoms with Crippen molar-refractivity contribution in [1.82, 2.24) is 4.98 Å². The monoisotopic (exact) mass is 284 g/mol. The van der Waals surface area contributed by atoms with Gasteiger partial charge in [0.2, 0.25) is 0 Å². The smallest absolute Gasteiger partial charge is 0.109 e. The number of aryl methyl sites for hydroxylation is 1. The highest BCUT2D eigenvalue weighted by molar-refractivity contribution is 9.10. The minimum atomic E-state index is -0.0946. The van der Waals surface area contributed by atoms with E-state index in [2.05, 4.69) is 32.3 Å². The molecule has 2 rings (SSSR count). The Hall–Kier alpha value is -0.610. The Morgan fingerprint density at radius 1 is 1.38 bits per heavy atom. The van der Waals surface area contributed by atoms with Gasteiger partial charge in [0, 0.05) is 6.04 Å². The van der Waals surface area contributed by atoms with Crippen LogP contribution in [0.15, 0.2) is 16.9 Å². The number of nitrogens with zero attached hydrogens (tertiary/aromatic N) is 1. The Labute approximate surface area is 104 Å². The first-order valence-electron chi connectivity index (χ1n) is 5.72.